The number of hydrogen-bond acceptors (Lipinski definition) is 5. The zero-order valence-corrected chi connectivity index (χ0v) is 20.2. The van der Waals surface area contributed by atoms with Gasteiger partial charge in [-0.2, -0.15) is 0 Å². The molecule has 2 saturated heterocycles. The van der Waals surface area contributed by atoms with Gasteiger partial charge in [0.25, 0.3) is 0 Å². The van der Waals surface area contributed by atoms with Crippen molar-refractivity contribution in [2.24, 2.45) is 10.9 Å². The van der Waals surface area contributed by atoms with Crippen LogP contribution in [0.2, 0.25) is 0 Å². The second-order valence-corrected chi connectivity index (χ2v) is 7.75. The largest absolute Gasteiger partial charge is 0.381 e. The van der Waals surface area contributed by atoms with Gasteiger partial charge < -0.3 is 15.0 Å². The van der Waals surface area contributed by atoms with E-state index in [2.05, 4.69) is 36.1 Å². The standard InChI is InChI=1S/C21H31N7O.HI/c1-17-23-7-8-28(17)20-19(4-3-6-24-20)14-25-21(22-2)27-11-9-26(10-12-27)15-18-5-13-29-16-18;/h3-4,6-8,18H,5,9-16H2,1-2H3,(H,22,25);1H. The van der Waals surface area contributed by atoms with Crippen LogP contribution in [0.5, 0.6) is 0 Å². The number of imidazole rings is 1. The third kappa shape index (κ3) is 5.50. The molecule has 8 nitrogen and oxygen atoms in total. The van der Waals surface area contributed by atoms with E-state index in [4.69, 9.17) is 4.74 Å². The monoisotopic (exact) mass is 525 g/mol. The van der Waals surface area contributed by atoms with Gasteiger partial charge in [-0.25, -0.2) is 9.97 Å². The van der Waals surface area contributed by atoms with Gasteiger partial charge >= 0.3 is 0 Å². The summed E-state index contributed by atoms with van der Waals surface area (Å²) < 4.78 is 7.54. The predicted molar refractivity (Wildman–Crippen MR) is 129 cm³/mol. The number of guanidine groups is 1. The van der Waals surface area contributed by atoms with E-state index in [0.29, 0.717) is 12.5 Å². The first-order valence-corrected chi connectivity index (χ1v) is 10.4. The smallest absolute Gasteiger partial charge is 0.194 e. The van der Waals surface area contributed by atoms with Gasteiger partial charge in [0.15, 0.2) is 5.96 Å². The molecule has 2 aliphatic heterocycles. The molecule has 2 fully saturated rings. The summed E-state index contributed by atoms with van der Waals surface area (Å²) in [6, 6.07) is 4.07. The Morgan fingerprint density at radius 3 is 2.73 bits per heavy atom. The number of ether oxygens (including phenoxy) is 1. The number of halogens is 1. The van der Waals surface area contributed by atoms with Crippen LogP contribution < -0.4 is 5.32 Å². The first-order valence-electron chi connectivity index (χ1n) is 10.4. The first-order chi connectivity index (χ1) is 14.2. The Morgan fingerprint density at radius 2 is 2.07 bits per heavy atom. The van der Waals surface area contributed by atoms with Crippen molar-refractivity contribution in [3.63, 3.8) is 0 Å². The van der Waals surface area contributed by atoms with Gasteiger partial charge in [0.1, 0.15) is 11.6 Å². The average molecular weight is 525 g/mol. The van der Waals surface area contributed by atoms with E-state index in [1.54, 1.807) is 6.20 Å². The van der Waals surface area contributed by atoms with Gasteiger partial charge in [-0.3, -0.25) is 14.5 Å². The quantitative estimate of drug-likeness (QED) is 0.366. The number of aliphatic imine (C=N–C) groups is 1. The minimum absolute atomic E-state index is 0. The fourth-order valence-corrected chi connectivity index (χ4v) is 4.13. The van der Waals surface area contributed by atoms with Crippen molar-refractivity contribution in [2.75, 3.05) is 53.0 Å². The Morgan fingerprint density at radius 1 is 1.23 bits per heavy atom. The molecule has 164 valence electrons. The lowest BCUT2D eigenvalue weighted by molar-refractivity contribution is 0.139. The molecule has 9 heteroatoms. The van der Waals surface area contributed by atoms with Crippen molar-refractivity contribution in [3.8, 4) is 5.82 Å². The molecule has 0 spiro atoms. The van der Waals surface area contributed by atoms with Crippen LogP contribution >= 0.6 is 24.0 Å². The van der Waals surface area contributed by atoms with Crippen LogP contribution in [0.1, 0.15) is 17.8 Å². The molecule has 2 aliphatic rings. The summed E-state index contributed by atoms with van der Waals surface area (Å²) in [5.41, 5.74) is 1.12. The van der Waals surface area contributed by atoms with Crippen LogP contribution in [0, 0.1) is 12.8 Å². The Kier molecular flexibility index (Phi) is 8.46. The molecule has 0 bridgehead atoms. The molecule has 4 heterocycles. The molecular weight excluding hydrogens is 493 g/mol. The third-order valence-corrected chi connectivity index (χ3v) is 5.78. The number of nitrogens with one attached hydrogen (secondary N) is 1. The molecular formula is C21H32IN7O. The number of pyridine rings is 1. The predicted octanol–water partition coefficient (Wildman–Crippen LogP) is 1.92. The highest BCUT2D eigenvalue weighted by atomic mass is 127. The summed E-state index contributed by atoms with van der Waals surface area (Å²) in [6.07, 6.45) is 6.77. The highest BCUT2D eigenvalue weighted by molar-refractivity contribution is 14.0. The molecule has 1 N–H and O–H groups in total. The van der Waals surface area contributed by atoms with Crippen molar-refractivity contribution in [2.45, 2.75) is 19.9 Å². The highest BCUT2D eigenvalue weighted by Gasteiger charge is 2.24. The normalized spacial score (nSPS) is 20.3. The lowest BCUT2D eigenvalue weighted by atomic mass is 10.1. The molecule has 2 aromatic rings. The van der Waals surface area contributed by atoms with Gasteiger partial charge in [0.05, 0.1) is 6.61 Å². The van der Waals surface area contributed by atoms with Gasteiger partial charge in [0.2, 0.25) is 0 Å². The Labute approximate surface area is 195 Å². The van der Waals surface area contributed by atoms with E-state index in [9.17, 15) is 0 Å². The lowest BCUT2D eigenvalue weighted by Crippen LogP contribution is -2.53. The fourth-order valence-electron chi connectivity index (χ4n) is 4.13. The number of aryl methyl sites for hydroxylation is 1. The van der Waals surface area contributed by atoms with E-state index in [1.807, 2.05) is 37.0 Å². The maximum atomic E-state index is 5.52. The Hall–Kier alpha value is -1.72. The number of nitrogens with zero attached hydrogens (tertiary/aromatic N) is 6. The van der Waals surface area contributed by atoms with Crippen molar-refractivity contribution in [3.05, 3.63) is 42.1 Å². The van der Waals surface area contributed by atoms with Crippen molar-refractivity contribution in [1.82, 2.24) is 29.7 Å². The number of piperazine rings is 1. The zero-order valence-electron chi connectivity index (χ0n) is 17.8. The highest BCUT2D eigenvalue weighted by Crippen LogP contribution is 2.16. The molecule has 2 aromatic heterocycles. The summed E-state index contributed by atoms with van der Waals surface area (Å²) in [5, 5.41) is 3.53. The van der Waals surface area contributed by atoms with Crippen LogP contribution in [-0.4, -0.2) is 83.3 Å². The summed E-state index contributed by atoms with van der Waals surface area (Å²) in [7, 11) is 1.86. The summed E-state index contributed by atoms with van der Waals surface area (Å²) in [6.45, 7) is 9.80. The van der Waals surface area contributed by atoms with Gasteiger partial charge in [-0.15, -0.1) is 24.0 Å². The molecule has 0 aromatic carbocycles. The second-order valence-electron chi connectivity index (χ2n) is 7.75. The van der Waals surface area contributed by atoms with Gasteiger partial charge in [-0.1, -0.05) is 6.07 Å². The van der Waals surface area contributed by atoms with Gasteiger partial charge in [0, 0.05) is 77.1 Å². The fraction of sp³-hybridized carbons (Fsp3) is 0.571. The number of aromatic nitrogens is 3. The average Bonchev–Trinajstić information content (AvgIpc) is 3.41. The van der Waals surface area contributed by atoms with E-state index in [1.165, 1.54) is 6.42 Å². The Balaban J connectivity index is 0.00000256. The van der Waals surface area contributed by atoms with E-state index < -0.39 is 0 Å². The van der Waals surface area contributed by atoms with Crippen LogP contribution in [0.4, 0.5) is 0 Å². The van der Waals surface area contributed by atoms with Crippen molar-refractivity contribution >= 4 is 29.9 Å². The maximum Gasteiger partial charge on any atom is 0.194 e. The number of hydrogen-bond donors (Lipinski definition) is 1. The van der Waals surface area contributed by atoms with E-state index in [-0.39, 0.29) is 24.0 Å². The topological polar surface area (TPSA) is 70.8 Å². The van der Waals surface area contributed by atoms with Crippen LogP contribution in [0.15, 0.2) is 35.7 Å². The maximum absolute atomic E-state index is 5.52. The van der Waals surface area contributed by atoms with E-state index in [0.717, 1.165) is 69.1 Å². The summed E-state index contributed by atoms with van der Waals surface area (Å²) >= 11 is 0. The molecule has 1 unspecified atom stereocenters. The SMILES string of the molecule is CN=C(NCc1cccnc1-n1ccnc1C)N1CCN(CC2CCOC2)CC1.I. The lowest BCUT2D eigenvalue weighted by Gasteiger charge is -2.37. The van der Waals surface area contributed by atoms with E-state index >= 15 is 0 Å². The Bertz CT molecular complexity index is 826. The minimum atomic E-state index is 0. The molecule has 0 radical (unpaired) electrons. The molecule has 4 rings (SSSR count). The molecule has 30 heavy (non-hydrogen) atoms. The summed E-state index contributed by atoms with van der Waals surface area (Å²) in [5.74, 6) is 3.49. The van der Waals surface area contributed by atoms with Crippen molar-refractivity contribution < 1.29 is 4.74 Å². The number of rotatable bonds is 5. The molecule has 0 saturated carbocycles. The third-order valence-electron chi connectivity index (χ3n) is 5.78. The minimum Gasteiger partial charge on any atom is -0.381 e. The molecule has 0 aliphatic carbocycles. The van der Waals surface area contributed by atoms with Gasteiger partial charge in [-0.05, 0) is 25.3 Å². The van der Waals surface area contributed by atoms with Crippen LogP contribution in [-0.2, 0) is 11.3 Å². The second kappa shape index (κ2) is 11.1. The van der Waals surface area contributed by atoms with Crippen LogP contribution in [0.3, 0.4) is 0 Å². The zero-order chi connectivity index (χ0) is 20.1. The summed E-state index contributed by atoms with van der Waals surface area (Å²) in [4.78, 5) is 18.3. The van der Waals surface area contributed by atoms with Crippen molar-refractivity contribution in [1.29, 1.82) is 0 Å². The van der Waals surface area contributed by atoms with Crippen LogP contribution in [0.25, 0.3) is 5.82 Å². The molecule has 0 amide bonds. The first kappa shape index (κ1) is 23.0. The molecule has 1 atom stereocenters.